The maximum Gasteiger partial charge on any atom is 0.306 e. The molecule has 2 aromatic rings. The number of amides is 2. The quantitative estimate of drug-likeness (QED) is 0.374. The number of aromatic nitrogens is 1. The van der Waals surface area contributed by atoms with E-state index in [0.717, 1.165) is 42.1 Å². The Balaban J connectivity index is 1.48. The first-order chi connectivity index (χ1) is 17.0. The number of fused-ring (bicyclic) bond motifs is 1. The molecule has 0 saturated heterocycles. The second-order valence-electron chi connectivity index (χ2n) is 9.79. The Hall–Kier alpha value is -3.13. The lowest BCUT2D eigenvalue weighted by atomic mass is 9.95. The van der Waals surface area contributed by atoms with E-state index < -0.39 is 17.5 Å². The molecule has 2 unspecified atom stereocenters. The highest BCUT2D eigenvalue weighted by Crippen LogP contribution is 2.29. The fraction of sp³-hybridized carbons (Fsp3) is 0.519. The van der Waals surface area contributed by atoms with Gasteiger partial charge in [0, 0.05) is 29.9 Å². The summed E-state index contributed by atoms with van der Waals surface area (Å²) < 4.78 is 5.46. The summed E-state index contributed by atoms with van der Waals surface area (Å²) in [5.74, 6) is -1.31. The first-order valence-electron chi connectivity index (χ1n) is 12.6. The molecule has 1 aromatic carbocycles. The lowest BCUT2D eigenvalue weighted by Gasteiger charge is -2.29. The molecule has 1 aliphatic heterocycles. The van der Waals surface area contributed by atoms with Crippen molar-refractivity contribution < 1.29 is 24.2 Å². The molecule has 2 heterocycles. The van der Waals surface area contributed by atoms with Crippen LogP contribution < -0.4 is 10.6 Å². The largest absolute Gasteiger partial charge is 0.463 e. The van der Waals surface area contributed by atoms with Crippen LogP contribution in [-0.2, 0) is 25.5 Å². The van der Waals surface area contributed by atoms with E-state index in [0.29, 0.717) is 19.3 Å². The summed E-state index contributed by atoms with van der Waals surface area (Å²) in [5, 5.41) is 16.9. The highest BCUT2D eigenvalue weighted by atomic mass is 16.5. The lowest BCUT2D eigenvalue weighted by Crippen LogP contribution is -2.50. The van der Waals surface area contributed by atoms with Crippen LogP contribution in [0, 0.1) is 5.92 Å². The number of benzene rings is 1. The summed E-state index contributed by atoms with van der Waals surface area (Å²) in [6.45, 7) is -0.0199. The number of para-hydroxylation sites is 1. The van der Waals surface area contributed by atoms with Crippen LogP contribution >= 0.6 is 0 Å². The molecule has 1 aromatic heterocycles. The van der Waals surface area contributed by atoms with Crippen molar-refractivity contribution in [1.29, 1.82) is 0 Å². The number of aliphatic hydroxyl groups excluding tert-OH is 1. The van der Waals surface area contributed by atoms with E-state index in [1.54, 1.807) is 0 Å². The number of cyclic esters (lactones) is 1. The summed E-state index contributed by atoms with van der Waals surface area (Å²) in [6.07, 6.45) is 10.8. The fourth-order valence-corrected chi connectivity index (χ4v) is 5.11. The number of esters is 1. The number of aliphatic hydroxyl groups is 1. The first kappa shape index (κ1) is 25.0. The zero-order valence-electron chi connectivity index (χ0n) is 20.1. The minimum Gasteiger partial charge on any atom is -0.463 e. The minimum atomic E-state index is -0.569. The van der Waals surface area contributed by atoms with Gasteiger partial charge in [0.05, 0.1) is 24.1 Å². The van der Waals surface area contributed by atoms with E-state index in [2.05, 4.69) is 15.6 Å². The second kappa shape index (κ2) is 11.5. The van der Waals surface area contributed by atoms with Gasteiger partial charge in [-0.3, -0.25) is 14.4 Å². The summed E-state index contributed by atoms with van der Waals surface area (Å²) in [5.41, 5.74) is 1.46. The summed E-state index contributed by atoms with van der Waals surface area (Å²) in [7, 11) is 0. The van der Waals surface area contributed by atoms with Crippen molar-refractivity contribution in [3.63, 3.8) is 0 Å². The fourth-order valence-electron chi connectivity index (χ4n) is 5.11. The van der Waals surface area contributed by atoms with Crippen LogP contribution in [0.1, 0.15) is 56.9 Å². The predicted molar refractivity (Wildman–Crippen MR) is 132 cm³/mol. The Bertz CT molecular complexity index is 1070. The van der Waals surface area contributed by atoms with E-state index in [4.69, 9.17) is 4.74 Å². The van der Waals surface area contributed by atoms with Crippen molar-refractivity contribution in [2.24, 2.45) is 5.92 Å². The van der Waals surface area contributed by atoms with E-state index in [9.17, 15) is 19.5 Å². The summed E-state index contributed by atoms with van der Waals surface area (Å²) >= 11 is 0. The third-order valence-corrected chi connectivity index (χ3v) is 7.11. The van der Waals surface area contributed by atoms with Crippen molar-refractivity contribution in [2.75, 3.05) is 13.2 Å². The molecule has 1 fully saturated rings. The molecule has 0 bridgehead atoms. The van der Waals surface area contributed by atoms with Gasteiger partial charge < -0.3 is 25.5 Å². The van der Waals surface area contributed by atoms with Crippen molar-refractivity contribution >= 4 is 28.7 Å². The van der Waals surface area contributed by atoms with Gasteiger partial charge in [-0.25, -0.2) is 0 Å². The Morgan fingerprint density at radius 3 is 2.77 bits per heavy atom. The molecular weight excluding hydrogens is 446 g/mol. The molecule has 8 nitrogen and oxygen atoms in total. The zero-order chi connectivity index (χ0) is 24.7. The van der Waals surface area contributed by atoms with Crippen LogP contribution in [0.2, 0.25) is 0 Å². The van der Waals surface area contributed by atoms with Gasteiger partial charge in [0.25, 0.3) is 0 Å². The van der Waals surface area contributed by atoms with Crippen molar-refractivity contribution in [3.8, 4) is 0 Å². The molecule has 2 amide bonds. The molecule has 4 N–H and O–H groups in total. The molecule has 1 aliphatic carbocycles. The van der Waals surface area contributed by atoms with Crippen LogP contribution in [0.15, 0.2) is 42.6 Å². The van der Waals surface area contributed by atoms with E-state index in [1.165, 1.54) is 0 Å². The molecule has 4 rings (SSSR count). The van der Waals surface area contributed by atoms with E-state index in [1.807, 2.05) is 42.6 Å². The maximum atomic E-state index is 13.3. The van der Waals surface area contributed by atoms with Crippen LogP contribution in [0.5, 0.6) is 0 Å². The Kier molecular flexibility index (Phi) is 8.23. The molecule has 2 atom stereocenters. The SMILES string of the molecule is O=C(CC1CC=CCCC(=O)OCC(Cc2c[nH]c3ccccc23)NC1=O)NC1(CO)CCCC1. The number of ether oxygens (including phenoxy) is 1. The average Bonchev–Trinajstić information content (AvgIpc) is 3.48. The first-order valence-corrected chi connectivity index (χ1v) is 12.6. The molecule has 0 spiro atoms. The van der Waals surface area contributed by atoms with E-state index in [-0.39, 0.29) is 43.8 Å². The second-order valence-corrected chi connectivity index (χ2v) is 9.79. The molecular formula is C27H35N3O5. The number of carbonyl (C=O) groups excluding carboxylic acids is 3. The molecule has 35 heavy (non-hydrogen) atoms. The number of allylic oxidation sites excluding steroid dienone is 2. The van der Waals surface area contributed by atoms with Crippen molar-refractivity contribution in [3.05, 3.63) is 48.2 Å². The van der Waals surface area contributed by atoms with E-state index >= 15 is 0 Å². The summed E-state index contributed by atoms with van der Waals surface area (Å²) in [6, 6.07) is 7.51. The average molecular weight is 482 g/mol. The third-order valence-electron chi connectivity index (χ3n) is 7.11. The number of H-pyrrole nitrogens is 1. The van der Waals surface area contributed by atoms with Gasteiger partial charge in [-0.1, -0.05) is 43.2 Å². The number of carbonyl (C=O) groups is 3. The normalized spacial score (nSPS) is 23.2. The van der Waals surface area contributed by atoms with Crippen molar-refractivity contribution in [2.45, 2.75) is 69.4 Å². The number of rotatable bonds is 6. The smallest absolute Gasteiger partial charge is 0.306 e. The highest BCUT2D eigenvalue weighted by Gasteiger charge is 2.35. The van der Waals surface area contributed by atoms with Crippen LogP contribution in [0.3, 0.4) is 0 Å². The van der Waals surface area contributed by atoms with Gasteiger partial charge in [0.1, 0.15) is 6.61 Å². The zero-order valence-corrected chi connectivity index (χ0v) is 20.1. The summed E-state index contributed by atoms with van der Waals surface area (Å²) in [4.78, 5) is 41.6. The van der Waals surface area contributed by atoms with Gasteiger partial charge in [0.15, 0.2) is 0 Å². The highest BCUT2D eigenvalue weighted by molar-refractivity contribution is 5.87. The molecule has 8 heteroatoms. The molecule has 2 aliphatic rings. The van der Waals surface area contributed by atoms with Gasteiger partial charge in [-0.2, -0.15) is 0 Å². The third kappa shape index (κ3) is 6.51. The molecule has 188 valence electrons. The molecule has 1 saturated carbocycles. The Morgan fingerprint density at radius 1 is 1.17 bits per heavy atom. The Labute approximate surface area is 205 Å². The predicted octanol–water partition coefficient (Wildman–Crippen LogP) is 2.91. The Morgan fingerprint density at radius 2 is 1.97 bits per heavy atom. The van der Waals surface area contributed by atoms with Crippen molar-refractivity contribution in [1.82, 2.24) is 15.6 Å². The van der Waals surface area contributed by atoms with Gasteiger partial charge in [0.2, 0.25) is 11.8 Å². The standard InChI is InChI=1S/C27H35N3O5/c31-18-27(12-6-7-13-27)30-24(32)15-19-8-2-1-3-11-25(33)35-17-21(29-26(19)34)14-20-16-28-23-10-5-4-9-22(20)23/h1-2,4-5,9-10,16,19,21,28,31H,3,6-8,11-15,17-18H2,(H,29,34)(H,30,32). The minimum absolute atomic E-state index is 0.0392. The lowest BCUT2D eigenvalue weighted by molar-refractivity contribution is -0.145. The van der Waals surface area contributed by atoms with Crippen LogP contribution in [0.4, 0.5) is 0 Å². The van der Waals surface area contributed by atoms with Gasteiger partial charge in [-0.15, -0.1) is 0 Å². The monoisotopic (exact) mass is 481 g/mol. The van der Waals surface area contributed by atoms with Crippen LogP contribution in [-0.4, -0.2) is 52.7 Å². The number of aromatic amines is 1. The number of hydrogen-bond donors (Lipinski definition) is 4. The van der Waals surface area contributed by atoms with Crippen LogP contribution in [0.25, 0.3) is 10.9 Å². The number of hydrogen-bond acceptors (Lipinski definition) is 5. The van der Waals surface area contributed by atoms with Gasteiger partial charge in [-0.05, 0) is 43.7 Å². The maximum absolute atomic E-state index is 13.3. The topological polar surface area (TPSA) is 121 Å². The molecule has 0 radical (unpaired) electrons. The number of nitrogens with one attached hydrogen (secondary N) is 3. The van der Waals surface area contributed by atoms with Gasteiger partial charge >= 0.3 is 5.97 Å².